The summed E-state index contributed by atoms with van der Waals surface area (Å²) >= 11 is 0. The number of aromatic nitrogens is 2. The van der Waals surface area contributed by atoms with Gasteiger partial charge in [-0.3, -0.25) is 19.6 Å². The van der Waals surface area contributed by atoms with E-state index < -0.39 is 22.8 Å². The van der Waals surface area contributed by atoms with Crippen LogP contribution in [0, 0.1) is 29.9 Å². The van der Waals surface area contributed by atoms with Gasteiger partial charge in [-0.2, -0.15) is 5.10 Å². The number of nitro groups is 1. The normalized spacial score (nSPS) is 13.4. The predicted molar refractivity (Wildman–Crippen MR) is 82.0 cm³/mol. The summed E-state index contributed by atoms with van der Waals surface area (Å²) in [7, 11) is 0. The van der Waals surface area contributed by atoms with Gasteiger partial charge in [0.05, 0.1) is 11.5 Å². The molecule has 0 fully saturated rings. The van der Waals surface area contributed by atoms with Crippen LogP contribution in [0.5, 0.6) is 0 Å². The molecule has 2 unspecified atom stereocenters. The molecule has 0 aromatic carbocycles. The summed E-state index contributed by atoms with van der Waals surface area (Å²) in [4.78, 5) is 33.5. The molecule has 2 atom stereocenters. The number of hydrogen-bond acceptors (Lipinski definition) is 5. The van der Waals surface area contributed by atoms with Gasteiger partial charge >= 0.3 is 11.7 Å². The highest BCUT2D eigenvalue weighted by Gasteiger charge is 2.26. The van der Waals surface area contributed by atoms with Crippen LogP contribution in [-0.2, 0) is 16.1 Å². The van der Waals surface area contributed by atoms with Crippen molar-refractivity contribution < 1.29 is 19.6 Å². The highest BCUT2D eigenvalue weighted by Crippen LogP contribution is 2.21. The summed E-state index contributed by atoms with van der Waals surface area (Å²) in [5.74, 6) is -1.69. The highest BCUT2D eigenvalue weighted by atomic mass is 16.6. The number of rotatable bonds is 8. The molecule has 0 spiro atoms. The summed E-state index contributed by atoms with van der Waals surface area (Å²) in [6.45, 7) is 6.85. The second-order valence-electron chi connectivity index (χ2n) is 5.52. The zero-order valence-electron chi connectivity index (χ0n) is 13.7. The molecule has 1 rings (SSSR count). The van der Waals surface area contributed by atoms with Crippen LogP contribution >= 0.6 is 0 Å². The highest BCUT2D eigenvalue weighted by molar-refractivity contribution is 5.83. The minimum atomic E-state index is -1.07. The summed E-state index contributed by atoms with van der Waals surface area (Å²) in [5, 5.41) is 26.6. The van der Waals surface area contributed by atoms with E-state index in [2.05, 4.69) is 10.4 Å². The molecule has 0 bridgehead atoms. The number of hydrogen-bond donors (Lipinski definition) is 2. The Bertz CT molecular complexity index is 611. The van der Waals surface area contributed by atoms with E-state index in [9.17, 15) is 19.7 Å². The van der Waals surface area contributed by atoms with Gasteiger partial charge in [-0.25, -0.2) is 4.79 Å². The lowest BCUT2D eigenvalue weighted by Gasteiger charge is -2.20. The lowest BCUT2D eigenvalue weighted by Crippen LogP contribution is -2.45. The van der Waals surface area contributed by atoms with Crippen LogP contribution in [0.4, 0.5) is 5.69 Å². The fourth-order valence-electron chi connectivity index (χ4n) is 2.31. The number of aryl methyl sites for hydroxylation is 2. The van der Waals surface area contributed by atoms with Crippen LogP contribution < -0.4 is 5.32 Å². The molecular weight excluding hydrogens is 304 g/mol. The minimum absolute atomic E-state index is 0.000666. The number of nitrogens with zero attached hydrogens (tertiary/aromatic N) is 3. The van der Waals surface area contributed by atoms with Gasteiger partial charge in [-0.15, -0.1) is 0 Å². The van der Waals surface area contributed by atoms with Crippen molar-refractivity contribution in [3.8, 4) is 0 Å². The lowest BCUT2D eigenvalue weighted by molar-refractivity contribution is -0.386. The van der Waals surface area contributed by atoms with Crippen molar-refractivity contribution in [2.45, 2.75) is 53.1 Å². The van der Waals surface area contributed by atoms with Crippen LogP contribution in [0.1, 0.15) is 38.1 Å². The molecule has 0 aliphatic rings. The van der Waals surface area contributed by atoms with Gasteiger partial charge in [0, 0.05) is 6.42 Å². The second-order valence-corrected chi connectivity index (χ2v) is 5.52. The number of carboxylic acids is 1. The third-order valence-electron chi connectivity index (χ3n) is 3.87. The van der Waals surface area contributed by atoms with Gasteiger partial charge in [0.15, 0.2) is 0 Å². The molecule has 2 N–H and O–H groups in total. The molecule has 9 heteroatoms. The van der Waals surface area contributed by atoms with Crippen molar-refractivity contribution in [2.24, 2.45) is 5.92 Å². The van der Waals surface area contributed by atoms with Gasteiger partial charge in [0.2, 0.25) is 5.91 Å². The maximum Gasteiger partial charge on any atom is 0.326 e. The Morgan fingerprint density at radius 3 is 2.48 bits per heavy atom. The average Bonchev–Trinajstić information content (AvgIpc) is 2.75. The quantitative estimate of drug-likeness (QED) is 0.549. The lowest BCUT2D eigenvalue weighted by atomic mass is 9.99. The molecular formula is C14H22N4O5. The number of amides is 1. The fourth-order valence-corrected chi connectivity index (χ4v) is 2.31. The summed E-state index contributed by atoms with van der Waals surface area (Å²) in [6.07, 6.45) is 0.625. The smallest absolute Gasteiger partial charge is 0.326 e. The van der Waals surface area contributed by atoms with Crippen molar-refractivity contribution in [1.29, 1.82) is 0 Å². The maximum atomic E-state index is 11.9. The van der Waals surface area contributed by atoms with Crippen molar-refractivity contribution in [2.75, 3.05) is 0 Å². The van der Waals surface area contributed by atoms with E-state index in [0.29, 0.717) is 12.1 Å². The van der Waals surface area contributed by atoms with E-state index in [1.54, 1.807) is 13.8 Å². The maximum absolute atomic E-state index is 11.9. The minimum Gasteiger partial charge on any atom is -0.480 e. The Morgan fingerprint density at radius 2 is 2.04 bits per heavy atom. The van der Waals surface area contributed by atoms with Gasteiger partial charge in [-0.05, 0) is 19.8 Å². The number of aliphatic carboxylic acids is 1. The largest absolute Gasteiger partial charge is 0.480 e. The first-order valence-corrected chi connectivity index (χ1v) is 7.39. The van der Waals surface area contributed by atoms with E-state index >= 15 is 0 Å². The molecule has 23 heavy (non-hydrogen) atoms. The van der Waals surface area contributed by atoms with E-state index in [4.69, 9.17) is 5.11 Å². The number of carboxylic acid groups (broad SMARTS) is 1. The van der Waals surface area contributed by atoms with Gasteiger partial charge < -0.3 is 10.4 Å². The molecule has 1 aromatic heterocycles. The zero-order chi connectivity index (χ0) is 17.7. The van der Waals surface area contributed by atoms with Gasteiger partial charge in [-0.1, -0.05) is 20.3 Å². The fraction of sp³-hybridized carbons (Fsp3) is 0.643. The molecule has 0 radical (unpaired) electrons. The first kappa shape index (κ1) is 18.6. The standard InChI is InChI=1S/C14H22N4O5/c1-5-8(2)12(14(20)21)15-11(19)6-7-17-10(4)13(18(22)23)9(3)16-17/h8,12H,5-7H2,1-4H3,(H,15,19)(H,20,21). The molecule has 0 aliphatic heterocycles. The summed E-state index contributed by atoms with van der Waals surface area (Å²) in [5.41, 5.74) is 0.598. The Labute approximate surface area is 133 Å². The Balaban J connectivity index is 2.72. The Morgan fingerprint density at radius 1 is 1.43 bits per heavy atom. The van der Waals surface area contributed by atoms with Crippen molar-refractivity contribution >= 4 is 17.6 Å². The zero-order valence-corrected chi connectivity index (χ0v) is 13.7. The van der Waals surface area contributed by atoms with Crippen LogP contribution in [0.25, 0.3) is 0 Å². The van der Waals surface area contributed by atoms with Crippen LogP contribution in [0.2, 0.25) is 0 Å². The Kier molecular flexibility index (Phi) is 6.23. The molecule has 1 heterocycles. The van der Waals surface area contributed by atoms with E-state index in [0.717, 1.165) is 0 Å². The van der Waals surface area contributed by atoms with Crippen molar-refractivity contribution in [3.05, 3.63) is 21.5 Å². The van der Waals surface area contributed by atoms with Crippen molar-refractivity contribution in [3.63, 3.8) is 0 Å². The topological polar surface area (TPSA) is 127 Å². The first-order chi connectivity index (χ1) is 10.7. The van der Waals surface area contributed by atoms with Crippen LogP contribution in [0.3, 0.4) is 0 Å². The number of nitrogens with one attached hydrogen (secondary N) is 1. The Hall–Kier alpha value is -2.45. The first-order valence-electron chi connectivity index (χ1n) is 7.39. The molecule has 0 aliphatic carbocycles. The van der Waals surface area contributed by atoms with E-state index in [-0.39, 0.29) is 30.3 Å². The number of carbonyl (C=O) groups excluding carboxylic acids is 1. The molecule has 128 valence electrons. The third-order valence-corrected chi connectivity index (χ3v) is 3.87. The predicted octanol–water partition coefficient (Wildman–Crippen LogP) is 1.41. The SMILES string of the molecule is CCC(C)C(NC(=O)CCn1nc(C)c([N+](=O)[O-])c1C)C(=O)O. The third kappa shape index (κ3) is 4.51. The van der Waals surface area contributed by atoms with E-state index in [1.165, 1.54) is 11.6 Å². The molecule has 1 amide bonds. The van der Waals surface area contributed by atoms with Gasteiger partial charge in [0.25, 0.3) is 0 Å². The second kappa shape index (κ2) is 7.70. The average molecular weight is 326 g/mol. The summed E-state index contributed by atoms with van der Waals surface area (Å²) < 4.78 is 1.39. The van der Waals surface area contributed by atoms with Gasteiger partial charge in [0.1, 0.15) is 17.4 Å². The number of carbonyl (C=O) groups is 2. The molecule has 0 saturated heterocycles. The molecule has 9 nitrogen and oxygen atoms in total. The van der Waals surface area contributed by atoms with Crippen molar-refractivity contribution in [1.82, 2.24) is 15.1 Å². The molecule has 1 aromatic rings. The molecule has 0 saturated carbocycles. The van der Waals surface area contributed by atoms with E-state index in [1.807, 2.05) is 6.92 Å². The summed E-state index contributed by atoms with van der Waals surface area (Å²) in [6, 6.07) is -0.942. The van der Waals surface area contributed by atoms with Crippen LogP contribution in [-0.4, -0.2) is 37.7 Å². The van der Waals surface area contributed by atoms with Crippen LogP contribution in [0.15, 0.2) is 0 Å². The monoisotopic (exact) mass is 326 g/mol.